The number of halogens is 1. The lowest BCUT2D eigenvalue weighted by Crippen LogP contribution is -2.23. The van der Waals surface area contributed by atoms with E-state index in [9.17, 15) is 9.90 Å². The van der Waals surface area contributed by atoms with E-state index in [2.05, 4.69) is 15.9 Å². The first-order valence-electron chi connectivity index (χ1n) is 5.22. The van der Waals surface area contributed by atoms with Crippen molar-refractivity contribution in [3.63, 3.8) is 0 Å². The number of aliphatic hydroxyl groups is 1. The van der Waals surface area contributed by atoms with Crippen molar-refractivity contribution in [3.05, 3.63) is 34.3 Å². The molecule has 0 heterocycles. The minimum atomic E-state index is -0.968. The minimum absolute atomic E-state index is 0.309. The molecule has 1 aromatic rings. The Morgan fingerprint density at radius 3 is 2.50 bits per heavy atom. The maximum absolute atomic E-state index is 10.9. The SMILES string of the molecule is O=C(O)[C@H]1CC[C@](O)(c2ccc(Br)cc2)C1. The molecule has 2 rings (SSSR count). The molecule has 0 bridgehead atoms. The molecule has 1 fully saturated rings. The molecule has 0 aromatic heterocycles. The highest BCUT2D eigenvalue weighted by Gasteiger charge is 2.41. The molecule has 2 atom stereocenters. The molecule has 86 valence electrons. The second-order valence-corrected chi connectivity index (χ2v) is 5.23. The number of hydrogen-bond acceptors (Lipinski definition) is 2. The maximum Gasteiger partial charge on any atom is 0.306 e. The van der Waals surface area contributed by atoms with E-state index in [1.807, 2.05) is 24.3 Å². The van der Waals surface area contributed by atoms with Gasteiger partial charge in [0, 0.05) is 4.47 Å². The van der Waals surface area contributed by atoms with Gasteiger partial charge in [-0.25, -0.2) is 0 Å². The summed E-state index contributed by atoms with van der Waals surface area (Å²) in [6.07, 6.45) is 1.37. The van der Waals surface area contributed by atoms with Gasteiger partial charge in [-0.15, -0.1) is 0 Å². The van der Waals surface area contributed by atoms with Gasteiger partial charge in [-0.3, -0.25) is 4.79 Å². The monoisotopic (exact) mass is 284 g/mol. The van der Waals surface area contributed by atoms with Crippen LogP contribution >= 0.6 is 15.9 Å². The fourth-order valence-electron chi connectivity index (χ4n) is 2.26. The molecule has 0 radical (unpaired) electrons. The molecule has 1 aromatic carbocycles. The first kappa shape index (κ1) is 11.6. The van der Waals surface area contributed by atoms with Gasteiger partial charge >= 0.3 is 5.97 Å². The number of carboxylic acids is 1. The molecule has 3 nitrogen and oxygen atoms in total. The first-order chi connectivity index (χ1) is 7.51. The average molecular weight is 285 g/mol. The third-order valence-corrected chi connectivity index (χ3v) is 3.75. The smallest absolute Gasteiger partial charge is 0.306 e. The third-order valence-electron chi connectivity index (χ3n) is 3.22. The Morgan fingerprint density at radius 1 is 1.38 bits per heavy atom. The van der Waals surface area contributed by atoms with Crippen LogP contribution in [0.4, 0.5) is 0 Å². The van der Waals surface area contributed by atoms with Crippen LogP contribution in [0.25, 0.3) is 0 Å². The second-order valence-electron chi connectivity index (χ2n) is 4.32. The predicted octanol–water partition coefficient (Wildman–Crippen LogP) is 2.52. The Kier molecular flexibility index (Phi) is 3.04. The van der Waals surface area contributed by atoms with E-state index >= 15 is 0 Å². The fraction of sp³-hybridized carbons (Fsp3) is 0.417. The molecule has 16 heavy (non-hydrogen) atoms. The zero-order valence-electron chi connectivity index (χ0n) is 8.69. The molecule has 2 N–H and O–H groups in total. The summed E-state index contributed by atoms with van der Waals surface area (Å²) in [5, 5.41) is 19.3. The van der Waals surface area contributed by atoms with E-state index in [0.29, 0.717) is 19.3 Å². The zero-order chi connectivity index (χ0) is 11.8. The zero-order valence-corrected chi connectivity index (χ0v) is 10.3. The normalized spacial score (nSPS) is 29.2. The Balaban J connectivity index is 2.21. The predicted molar refractivity (Wildman–Crippen MR) is 63.0 cm³/mol. The van der Waals surface area contributed by atoms with Crippen LogP contribution in [0.3, 0.4) is 0 Å². The van der Waals surface area contributed by atoms with E-state index in [1.165, 1.54) is 0 Å². The van der Waals surface area contributed by atoms with Crippen molar-refractivity contribution in [2.45, 2.75) is 24.9 Å². The minimum Gasteiger partial charge on any atom is -0.481 e. The van der Waals surface area contributed by atoms with E-state index in [-0.39, 0.29) is 0 Å². The summed E-state index contributed by atoms with van der Waals surface area (Å²) >= 11 is 3.33. The van der Waals surface area contributed by atoms with E-state index in [1.54, 1.807) is 0 Å². The van der Waals surface area contributed by atoms with Crippen LogP contribution in [0.15, 0.2) is 28.7 Å². The highest BCUT2D eigenvalue weighted by Crippen LogP contribution is 2.42. The van der Waals surface area contributed by atoms with Gasteiger partial charge < -0.3 is 10.2 Å². The Hall–Kier alpha value is -0.870. The van der Waals surface area contributed by atoms with Gasteiger partial charge in [0.25, 0.3) is 0 Å². The number of benzene rings is 1. The largest absolute Gasteiger partial charge is 0.481 e. The third kappa shape index (κ3) is 2.13. The molecule has 1 aliphatic carbocycles. The van der Waals surface area contributed by atoms with Crippen molar-refractivity contribution in [1.29, 1.82) is 0 Å². The number of hydrogen-bond donors (Lipinski definition) is 2. The highest BCUT2D eigenvalue weighted by atomic mass is 79.9. The second kappa shape index (κ2) is 4.18. The Morgan fingerprint density at radius 2 is 2.00 bits per heavy atom. The molecule has 4 heteroatoms. The lowest BCUT2D eigenvalue weighted by Gasteiger charge is -2.23. The lowest BCUT2D eigenvalue weighted by molar-refractivity contribution is -0.142. The molecule has 0 unspecified atom stereocenters. The van der Waals surface area contributed by atoms with Crippen molar-refractivity contribution < 1.29 is 15.0 Å². The Bertz CT molecular complexity index is 401. The van der Waals surface area contributed by atoms with E-state index in [0.717, 1.165) is 10.0 Å². The summed E-state index contributed by atoms with van der Waals surface area (Å²) in [6.45, 7) is 0. The van der Waals surface area contributed by atoms with Crippen LogP contribution in [0.5, 0.6) is 0 Å². The molecule has 0 saturated heterocycles. The van der Waals surface area contributed by atoms with Gasteiger partial charge in [-0.2, -0.15) is 0 Å². The van der Waals surface area contributed by atoms with Crippen molar-refractivity contribution in [2.24, 2.45) is 5.92 Å². The quantitative estimate of drug-likeness (QED) is 0.877. The van der Waals surface area contributed by atoms with Gasteiger partial charge in [-0.1, -0.05) is 28.1 Å². The van der Waals surface area contributed by atoms with Gasteiger partial charge in [0.2, 0.25) is 0 Å². The molecule has 0 amide bonds. The molecule has 0 spiro atoms. The van der Waals surface area contributed by atoms with Gasteiger partial charge in [0.15, 0.2) is 0 Å². The number of rotatable bonds is 2. The summed E-state index contributed by atoms with van der Waals surface area (Å²) < 4.78 is 0.952. The maximum atomic E-state index is 10.9. The van der Waals surface area contributed by atoms with Crippen LogP contribution in [0, 0.1) is 5.92 Å². The first-order valence-corrected chi connectivity index (χ1v) is 6.02. The molecule has 0 aliphatic heterocycles. The van der Waals surface area contributed by atoms with Gasteiger partial charge in [0.05, 0.1) is 11.5 Å². The van der Waals surface area contributed by atoms with Crippen molar-refractivity contribution >= 4 is 21.9 Å². The van der Waals surface area contributed by atoms with Crippen LogP contribution in [-0.2, 0) is 10.4 Å². The van der Waals surface area contributed by atoms with E-state index in [4.69, 9.17) is 5.11 Å². The molecular weight excluding hydrogens is 272 g/mol. The van der Waals surface area contributed by atoms with Crippen LogP contribution in [0.1, 0.15) is 24.8 Å². The van der Waals surface area contributed by atoms with E-state index < -0.39 is 17.5 Å². The van der Waals surface area contributed by atoms with Crippen LogP contribution < -0.4 is 0 Å². The van der Waals surface area contributed by atoms with Crippen molar-refractivity contribution in [3.8, 4) is 0 Å². The lowest BCUT2D eigenvalue weighted by atomic mass is 9.91. The van der Waals surface area contributed by atoms with Gasteiger partial charge in [-0.05, 0) is 37.0 Å². The molecule has 1 aliphatic rings. The highest BCUT2D eigenvalue weighted by molar-refractivity contribution is 9.10. The van der Waals surface area contributed by atoms with Gasteiger partial charge in [0.1, 0.15) is 0 Å². The summed E-state index contributed by atoms with van der Waals surface area (Å²) in [6, 6.07) is 7.41. The summed E-state index contributed by atoms with van der Waals surface area (Å²) in [5.74, 6) is -1.23. The van der Waals surface area contributed by atoms with Crippen LogP contribution in [0.2, 0.25) is 0 Å². The standard InChI is InChI=1S/C12H13BrO3/c13-10-3-1-9(2-4-10)12(16)6-5-8(7-12)11(14)15/h1-4,8,16H,5-7H2,(H,14,15)/t8-,12+/m0/s1. The number of carbonyl (C=O) groups is 1. The molecular formula is C12H13BrO3. The summed E-state index contributed by atoms with van der Waals surface area (Å²) in [7, 11) is 0. The fourth-order valence-corrected chi connectivity index (χ4v) is 2.52. The Labute approximate surface area is 102 Å². The summed E-state index contributed by atoms with van der Waals surface area (Å²) in [5.41, 5.74) is -0.163. The average Bonchev–Trinajstić information content (AvgIpc) is 2.63. The van der Waals surface area contributed by atoms with Crippen molar-refractivity contribution in [2.75, 3.05) is 0 Å². The van der Waals surface area contributed by atoms with Crippen LogP contribution in [-0.4, -0.2) is 16.2 Å². The number of aliphatic carboxylic acids is 1. The summed E-state index contributed by atoms with van der Waals surface area (Å²) in [4.78, 5) is 10.9. The number of carboxylic acid groups (broad SMARTS) is 1. The van der Waals surface area contributed by atoms with Crippen molar-refractivity contribution in [1.82, 2.24) is 0 Å². The topological polar surface area (TPSA) is 57.5 Å². The molecule has 1 saturated carbocycles.